The van der Waals surface area contributed by atoms with Crippen molar-refractivity contribution in [3.8, 4) is 22.9 Å². The summed E-state index contributed by atoms with van der Waals surface area (Å²) in [6.07, 6.45) is 0. The number of rotatable bonds is 10. The van der Waals surface area contributed by atoms with E-state index >= 15 is 0 Å². The van der Waals surface area contributed by atoms with Crippen molar-refractivity contribution >= 4 is 17.0 Å². The van der Waals surface area contributed by atoms with Gasteiger partial charge < -0.3 is 23.8 Å². The van der Waals surface area contributed by atoms with E-state index in [2.05, 4.69) is 93.5 Å². The molecule has 1 unspecified atom stereocenters. The Morgan fingerprint density at radius 2 is 1.43 bits per heavy atom. The number of ether oxygens (including phenoxy) is 4. The zero-order valence-corrected chi connectivity index (χ0v) is 25.5. The summed E-state index contributed by atoms with van der Waals surface area (Å²) in [5.74, 6) is 0.907. The summed E-state index contributed by atoms with van der Waals surface area (Å²) in [4.78, 5) is 4.76. The van der Waals surface area contributed by atoms with Crippen LogP contribution in [-0.2, 0) is 22.6 Å². The second kappa shape index (κ2) is 13.2. The molecule has 0 amide bonds. The van der Waals surface area contributed by atoms with E-state index in [-0.39, 0.29) is 6.04 Å². The first-order valence-electron chi connectivity index (χ1n) is 15.5. The fourth-order valence-electron chi connectivity index (χ4n) is 5.82. The topological polar surface area (TPSA) is 155 Å². The zero-order valence-electron chi connectivity index (χ0n) is 25.5. The average Bonchev–Trinajstić information content (AvgIpc) is 3.80. The highest BCUT2D eigenvalue weighted by molar-refractivity contribution is 5.70. The van der Waals surface area contributed by atoms with E-state index < -0.39 is 0 Å². The number of nitrogens with zero attached hydrogens (tertiary/aromatic N) is 12. The van der Waals surface area contributed by atoms with Crippen molar-refractivity contribution in [2.45, 2.75) is 19.2 Å². The molecule has 47 heavy (non-hydrogen) atoms. The highest BCUT2D eigenvalue weighted by Crippen LogP contribution is 2.29. The molecule has 240 valence electrons. The van der Waals surface area contributed by atoms with Crippen LogP contribution in [-0.4, -0.2) is 114 Å². The fourth-order valence-corrected chi connectivity index (χ4v) is 5.82. The minimum Gasteiger partial charge on any atom is -0.475 e. The predicted molar refractivity (Wildman–Crippen MR) is 167 cm³/mol. The molecule has 16 nitrogen and oxygen atoms in total. The van der Waals surface area contributed by atoms with Crippen molar-refractivity contribution in [3.63, 3.8) is 0 Å². The third kappa shape index (κ3) is 6.65. The summed E-state index contributed by atoms with van der Waals surface area (Å²) in [5, 5.41) is 31.5. The molecule has 6 aromatic rings. The Labute approximate surface area is 268 Å². The standard InChI is InChI=1S/C31H32N12O4/c1-2-22(18-41-10-13-45-20-27(41)21-47-31-7-5-29-33-37-39-43(29)35-31)14-24(3-1)25-15-23(16-26(17-25)40-8-11-44-12-9-40)19-46-30-6-4-28-32-36-38-42(28)34-30/h1-7,14-17,27H,8-13,18-21H2. The van der Waals surface area contributed by atoms with E-state index in [1.165, 1.54) is 14.8 Å². The largest absolute Gasteiger partial charge is 0.475 e. The molecule has 1 atom stereocenters. The number of morpholine rings is 2. The third-order valence-electron chi connectivity index (χ3n) is 8.25. The number of tetrazole rings is 2. The van der Waals surface area contributed by atoms with Crippen LogP contribution in [0.15, 0.2) is 66.7 Å². The van der Waals surface area contributed by atoms with Gasteiger partial charge in [0.15, 0.2) is 11.3 Å². The molecule has 0 saturated carbocycles. The van der Waals surface area contributed by atoms with Crippen molar-refractivity contribution in [2.75, 3.05) is 57.6 Å². The minimum atomic E-state index is 0.0632. The van der Waals surface area contributed by atoms with E-state index in [0.29, 0.717) is 62.7 Å². The first-order valence-corrected chi connectivity index (χ1v) is 15.5. The van der Waals surface area contributed by atoms with Gasteiger partial charge in [0.2, 0.25) is 11.8 Å². The van der Waals surface area contributed by atoms with Crippen molar-refractivity contribution < 1.29 is 18.9 Å². The van der Waals surface area contributed by atoms with Gasteiger partial charge in [0.05, 0.1) is 32.5 Å². The van der Waals surface area contributed by atoms with Crippen molar-refractivity contribution in [2.24, 2.45) is 0 Å². The molecule has 2 aliphatic rings. The van der Waals surface area contributed by atoms with Gasteiger partial charge in [0.25, 0.3) is 0 Å². The summed E-state index contributed by atoms with van der Waals surface area (Å²) < 4.78 is 26.3. The molecule has 8 rings (SSSR count). The van der Waals surface area contributed by atoms with Gasteiger partial charge in [-0.1, -0.05) is 18.2 Å². The fraction of sp³-hybridized carbons (Fsp3) is 0.355. The van der Waals surface area contributed by atoms with Gasteiger partial charge in [-0.15, -0.1) is 29.7 Å². The molecule has 2 fully saturated rings. The number of benzene rings is 2. The summed E-state index contributed by atoms with van der Waals surface area (Å²) in [5.41, 5.74) is 6.75. The van der Waals surface area contributed by atoms with E-state index in [1.807, 2.05) is 0 Å². The molecule has 0 N–H and O–H groups in total. The molecule has 0 aliphatic carbocycles. The maximum Gasteiger partial charge on any atom is 0.233 e. The van der Waals surface area contributed by atoms with Crippen molar-refractivity contribution in [1.29, 1.82) is 0 Å². The van der Waals surface area contributed by atoms with E-state index in [0.717, 1.165) is 48.6 Å². The molecule has 2 saturated heterocycles. The van der Waals surface area contributed by atoms with E-state index in [9.17, 15) is 0 Å². The lowest BCUT2D eigenvalue weighted by molar-refractivity contribution is -0.0280. The van der Waals surface area contributed by atoms with Gasteiger partial charge >= 0.3 is 0 Å². The number of anilines is 1. The van der Waals surface area contributed by atoms with Gasteiger partial charge in [-0.3, -0.25) is 4.90 Å². The van der Waals surface area contributed by atoms with E-state index in [1.54, 1.807) is 24.3 Å². The monoisotopic (exact) mass is 636 g/mol. The van der Waals surface area contributed by atoms with Crippen LogP contribution < -0.4 is 14.4 Å². The normalized spacial score (nSPS) is 17.4. The number of hydrogen-bond donors (Lipinski definition) is 0. The molecule has 6 heterocycles. The van der Waals surface area contributed by atoms with Crippen LogP contribution in [0.2, 0.25) is 0 Å². The highest BCUT2D eigenvalue weighted by atomic mass is 16.5. The van der Waals surface area contributed by atoms with Gasteiger partial charge in [0, 0.05) is 44.0 Å². The van der Waals surface area contributed by atoms with Gasteiger partial charge in [-0.2, -0.15) is 0 Å². The van der Waals surface area contributed by atoms with Crippen LogP contribution in [0.4, 0.5) is 5.69 Å². The maximum absolute atomic E-state index is 6.09. The second-order valence-electron chi connectivity index (χ2n) is 11.4. The number of aromatic nitrogens is 10. The molecule has 0 radical (unpaired) electrons. The molecular weight excluding hydrogens is 604 g/mol. The lowest BCUT2D eigenvalue weighted by Crippen LogP contribution is -2.48. The SMILES string of the molecule is c1cc(CN2CCOCC2COc2ccc3nnnn3n2)cc(-c2cc(COc3ccc4nnnn4n3)cc(N3CCOCC3)c2)c1. The lowest BCUT2D eigenvalue weighted by Gasteiger charge is -2.35. The van der Waals surface area contributed by atoms with Gasteiger partial charge in [-0.25, -0.2) is 0 Å². The van der Waals surface area contributed by atoms with Crippen LogP contribution in [0.25, 0.3) is 22.4 Å². The summed E-state index contributed by atoms with van der Waals surface area (Å²) in [6, 6.07) is 22.5. The summed E-state index contributed by atoms with van der Waals surface area (Å²) in [7, 11) is 0. The van der Waals surface area contributed by atoms with Crippen LogP contribution in [0.1, 0.15) is 11.1 Å². The number of hydrogen-bond acceptors (Lipinski definition) is 14. The smallest absolute Gasteiger partial charge is 0.233 e. The zero-order chi connectivity index (χ0) is 31.4. The van der Waals surface area contributed by atoms with Crippen LogP contribution in [0.5, 0.6) is 11.8 Å². The Bertz CT molecular complexity index is 1980. The highest BCUT2D eigenvalue weighted by Gasteiger charge is 2.24. The molecule has 2 aromatic carbocycles. The first kappa shape index (κ1) is 29.1. The lowest BCUT2D eigenvalue weighted by atomic mass is 9.99. The third-order valence-corrected chi connectivity index (χ3v) is 8.25. The van der Waals surface area contributed by atoms with Crippen LogP contribution in [0.3, 0.4) is 0 Å². The van der Waals surface area contributed by atoms with E-state index in [4.69, 9.17) is 18.9 Å². The molecule has 4 aromatic heterocycles. The van der Waals surface area contributed by atoms with Crippen LogP contribution >= 0.6 is 0 Å². The average molecular weight is 637 g/mol. The first-order chi connectivity index (χ1) is 23.2. The molecule has 0 bridgehead atoms. The van der Waals surface area contributed by atoms with Gasteiger partial charge in [-0.05, 0) is 79.5 Å². The molecule has 16 heteroatoms. The Morgan fingerprint density at radius 3 is 2.21 bits per heavy atom. The second-order valence-corrected chi connectivity index (χ2v) is 11.4. The molecule has 0 spiro atoms. The molecule has 2 aliphatic heterocycles. The number of fused-ring (bicyclic) bond motifs is 2. The minimum absolute atomic E-state index is 0.0632. The Kier molecular flexibility index (Phi) is 8.17. The Morgan fingerprint density at radius 1 is 0.702 bits per heavy atom. The Balaban J connectivity index is 1.00. The summed E-state index contributed by atoms with van der Waals surface area (Å²) in [6.45, 7) is 6.66. The summed E-state index contributed by atoms with van der Waals surface area (Å²) >= 11 is 0. The molecular formula is C31H32N12O4. The van der Waals surface area contributed by atoms with Crippen molar-refractivity contribution in [3.05, 3.63) is 77.9 Å². The quantitative estimate of drug-likeness (QED) is 0.214. The Hall–Kier alpha value is -5.32. The van der Waals surface area contributed by atoms with Gasteiger partial charge in [0.1, 0.15) is 13.2 Å². The predicted octanol–water partition coefficient (Wildman–Crippen LogP) is 1.71. The maximum atomic E-state index is 6.09. The van der Waals surface area contributed by atoms with Crippen molar-refractivity contribution in [1.82, 2.24) is 55.4 Å². The van der Waals surface area contributed by atoms with Crippen LogP contribution in [0, 0.1) is 0 Å².